The van der Waals surface area contributed by atoms with Gasteiger partial charge in [0.25, 0.3) is 0 Å². The fraction of sp³-hybridized carbons (Fsp3) is 0.959. The Bertz CT molecular complexity index is 799. The Morgan fingerprint density at radius 2 is 0.772 bits per heavy atom. The van der Waals surface area contributed by atoms with Crippen molar-refractivity contribution in [2.24, 2.45) is 0 Å². The molecule has 0 aromatic heterocycles. The minimum Gasteiger partial charge on any atom is -0.466 e. The van der Waals surface area contributed by atoms with Gasteiger partial charge in [-0.2, -0.15) is 0 Å². The maximum atomic E-state index is 12.8. The Labute approximate surface area is 355 Å². The number of carbonyl (C=O) groups excluding carboxylic acids is 2. The van der Waals surface area contributed by atoms with Crippen molar-refractivity contribution in [1.82, 2.24) is 9.80 Å². The third-order valence-corrected chi connectivity index (χ3v) is 11.3. The van der Waals surface area contributed by atoms with Crippen molar-refractivity contribution >= 4 is 11.9 Å². The van der Waals surface area contributed by atoms with Gasteiger partial charge in [-0.3, -0.25) is 19.4 Å². The van der Waals surface area contributed by atoms with Crippen LogP contribution in [0.3, 0.4) is 0 Å². The number of aliphatic hydroxyl groups is 2. The number of unbranched alkanes of at least 4 members (excludes halogenated alkanes) is 24. The molecule has 0 rings (SSSR count). The normalized spacial score (nSPS) is 11.5. The summed E-state index contributed by atoms with van der Waals surface area (Å²) >= 11 is 0. The minimum atomic E-state index is -0.0458. The third kappa shape index (κ3) is 42.7. The average Bonchev–Trinajstić information content (AvgIpc) is 3.19. The van der Waals surface area contributed by atoms with E-state index in [0.717, 1.165) is 116 Å². The molecule has 8 nitrogen and oxygen atoms in total. The zero-order valence-corrected chi connectivity index (χ0v) is 37.7. The first-order valence-corrected chi connectivity index (χ1v) is 24.5. The van der Waals surface area contributed by atoms with Gasteiger partial charge in [-0.05, 0) is 70.9 Å². The number of carbonyl (C=O) groups is 2. The highest BCUT2D eigenvalue weighted by atomic mass is 16.5. The summed E-state index contributed by atoms with van der Waals surface area (Å²) in [6.45, 7) is 12.7. The lowest BCUT2D eigenvalue weighted by Gasteiger charge is -2.27. The smallest absolute Gasteiger partial charge is 0.306 e. The molecule has 0 saturated heterocycles. The summed E-state index contributed by atoms with van der Waals surface area (Å²) < 4.78 is 11.4. The van der Waals surface area contributed by atoms with Crippen molar-refractivity contribution in [3.05, 3.63) is 0 Å². The molecule has 0 fully saturated rings. The second-order valence-corrected chi connectivity index (χ2v) is 16.7. The van der Waals surface area contributed by atoms with Crippen LogP contribution < -0.4 is 0 Å². The Morgan fingerprint density at radius 1 is 0.421 bits per heavy atom. The summed E-state index contributed by atoms with van der Waals surface area (Å²) in [6.07, 6.45) is 37.7. The summed E-state index contributed by atoms with van der Waals surface area (Å²) in [4.78, 5) is 29.5. The van der Waals surface area contributed by atoms with Crippen LogP contribution >= 0.6 is 0 Å². The van der Waals surface area contributed by atoms with Crippen molar-refractivity contribution in [3.63, 3.8) is 0 Å². The van der Waals surface area contributed by atoms with Crippen LogP contribution in [0.1, 0.15) is 240 Å². The van der Waals surface area contributed by atoms with E-state index in [1.54, 1.807) is 0 Å². The molecule has 0 spiro atoms. The fourth-order valence-corrected chi connectivity index (χ4v) is 7.64. The Kier molecular flexibility index (Phi) is 48.2. The molecule has 0 aromatic carbocycles. The van der Waals surface area contributed by atoms with E-state index in [1.807, 2.05) is 0 Å². The van der Waals surface area contributed by atoms with Gasteiger partial charge in [0, 0.05) is 39.0 Å². The molecule has 8 heteroatoms. The first kappa shape index (κ1) is 57.9. The molecule has 0 radical (unpaired) electrons. The van der Waals surface area contributed by atoms with Gasteiger partial charge < -0.3 is 19.7 Å². The summed E-state index contributed by atoms with van der Waals surface area (Å²) in [5, 5.41) is 19.3. The highest BCUT2D eigenvalue weighted by molar-refractivity contribution is 5.69. The van der Waals surface area contributed by atoms with Crippen LogP contribution in [0, 0.1) is 0 Å². The number of rotatable bonds is 46. The minimum absolute atomic E-state index is 0. The molecule has 0 aliphatic rings. The second kappa shape index (κ2) is 47.5. The number of aliphatic hydroxyl groups excluding tert-OH is 2. The molecule has 0 bridgehead atoms. The average molecular weight is 813 g/mol. The van der Waals surface area contributed by atoms with Crippen molar-refractivity contribution in [1.29, 1.82) is 0 Å². The van der Waals surface area contributed by atoms with Crippen molar-refractivity contribution in [2.45, 2.75) is 246 Å². The first-order chi connectivity index (χ1) is 27.5. The molecule has 0 aliphatic heterocycles. The van der Waals surface area contributed by atoms with E-state index in [1.165, 1.54) is 109 Å². The summed E-state index contributed by atoms with van der Waals surface area (Å²) in [6, 6.07) is 0. The molecular formula is C49H100N2O6. The number of nitrogens with zero attached hydrogens (tertiary/aromatic N) is 2. The Balaban J connectivity index is 0. The van der Waals surface area contributed by atoms with Gasteiger partial charge in [0.1, 0.15) is 6.10 Å². The molecule has 342 valence electrons. The number of ether oxygens (including phenoxy) is 2. The summed E-state index contributed by atoms with van der Waals surface area (Å²) in [5.74, 6) is -0.0460. The van der Waals surface area contributed by atoms with Gasteiger partial charge in [0.05, 0.1) is 19.8 Å². The highest BCUT2D eigenvalue weighted by Gasteiger charge is 2.15. The van der Waals surface area contributed by atoms with Crippen LogP contribution in [0.2, 0.25) is 0 Å². The van der Waals surface area contributed by atoms with E-state index in [2.05, 4.69) is 30.6 Å². The maximum Gasteiger partial charge on any atom is 0.306 e. The van der Waals surface area contributed by atoms with Gasteiger partial charge in [0.15, 0.2) is 0 Å². The second-order valence-electron chi connectivity index (χ2n) is 16.7. The van der Waals surface area contributed by atoms with Crippen LogP contribution in [0.5, 0.6) is 0 Å². The predicted molar refractivity (Wildman–Crippen MR) is 244 cm³/mol. The lowest BCUT2D eigenvalue weighted by molar-refractivity contribution is -0.150. The van der Waals surface area contributed by atoms with Crippen molar-refractivity contribution in [2.75, 3.05) is 59.1 Å². The van der Waals surface area contributed by atoms with Crippen LogP contribution in [0.4, 0.5) is 0 Å². The monoisotopic (exact) mass is 813 g/mol. The largest absolute Gasteiger partial charge is 0.466 e. The summed E-state index contributed by atoms with van der Waals surface area (Å²) in [5.41, 5.74) is 0. The Hall–Kier alpha value is -1.22. The SMILES string of the molecule is C.CCCCCCCCCOC(=O)CCCCCCCN(CCO)CCN(CCO)CCCCCCCC(=O)OC(CCCCCCCC)CCCCCCCC. The van der Waals surface area contributed by atoms with Crippen LogP contribution in [0.25, 0.3) is 0 Å². The molecule has 2 N–H and O–H groups in total. The predicted octanol–water partition coefficient (Wildman–Crippen LogP) is 12.6. The molecule has 0 unspecified atom stereocenters. The van der Waals surface area contributed by atoms with Crippen LogP contribution in [-0.4, -0.2) is 97.1 Å². The molecule has 0 aliphatic carbocycles. The third-order valence-electron chi connectivity index (χ3n) is 11.3. The van der Waals surface area contributed by atoms with Gasteiger partial charge in [-0.25, -0.2) is 0 Å². The van der Waals surface area contributed by atoms with Crippen molar-refractivity contribution in [3.8, 4) is 0 Å². The van der Waals surface area contributed by atoms with Gasteiger partial charge in [-0.1, -0.05) is 169 Å². The first-order valence-electron chi connectivity index (χ1n) is 24.5. The van der Waals surface area contributed by atoms with E-state index in [-0.39, 0.29) is 38.7 Å². The molecule has 0 amide bonds. The molecular weight excluding hydrogens is 713 g/mol. The zero-order chi connectivity index (χ0) is 41.0. The van der Waals surface area contributed by atoms with E-state index >= 15 is 0 Å². The van der Waals surface area contributed by atoms with Gasteiger partial charge >= 0.3 is 11.9 Å². The Morgan fingerprint density at radius 3 is 1.19 bits per heavy atom. The molecule has 0 saturated carbocycles. The topological polar surface area (TPSA) is 99.5 Å². The number of hydrogen-bond donors (Lipinski definition) is 2. The fourth-order valence-electron chi connectivity index (χ4n) is 7.64. The summed E-state index contributed by atoms with van der Waals surface area (Å²) in [7, 11) is 0. The highest BCUT2D eigenvalue weighted by Crippen LogP contribution is 2.18. The lowest BCUT2D eigenvalue weighted by atomic mass is 10.0. The van der Waals surface area contributed by atoms with Crippen LogP contribution in [-0.2, 0) is 19.1 Å². The van der Waals surface area contributed by atoms with E-state index in [4.69, 9.17) is 9.47 Å². The molecule has 0 heterocycles. The van der Waals surface area contributed by atoms with Crippen LogP contribution in [0.15, 0.2) is 0 Å². The van der Waals surface area contributed by atoms with E-state index in [9.17, 15) is 19.8 Å². The van der Waals surface area contributed by atoms with Crippen molar-refractivity contribution < 1.29 is 29.3 Å². The molecule has 57 heavy (non-hydrogen) atoms. The quantitative estimate of drug-likeness (QED) is 0.0463. The maximum absolute atomic E-state index is 12.8. The van der Waals surface area contributed by atoms with E-state index < -0.39 is 0 Å². The number of hydrogen-bond acceptors (Lipinski definition) is 8. The van der Waals surface area contributed by atoms with E-state index in [0.29, 0.717) is 32.5 Å². The lowest BCUT2D eigenvalue weighted by Crippen LogP contribution is -2.38. The standard InChI is InChI=1S/C48H96N2O6.CH4/c1-4-7-10-13-16-25-32-45-55-47(53)35-28-21-17-23-30-37-49(41-43-51)39-40-50(42-44-52)38-31-24-18-22-29-36-48(54)56-46(33-26-19-14-11-8-5-2)34-27-20-15-12-9-6-3;/h46,51-52H,4-45H2,1-3H3;1H4. The molecule has 0 aromatic rings. The molecule has 0 atom stereocenters. The zero-order valence-electron chi connectivity index (χ0n) is 37.7. The van der Waals surface area contributed by atoms with Gasteiger partial charge in [0.2, 0.25) is 0 Å². The van der Waals surface area contributed by atoms with Gasteiger partial charge in [-0.15, -0.1) is 0 Å². The number of esters is 2.